The van der Waals surface area contributed by atoms with Crippen LogP contribution in [0.1, 0.15) is 36.1 Å². The van der Waals surface area contributed by atoms with Crippen LogP contribution in [-0.2, 0) is 5.41 Å². The second-order valence-electron chi connectivity index (χ2n) is 3.96. The van der Waals surface area contributed by atoms with Crippen molar-refractivity contribution in [2.45, 2.75) is 38.0 Å². The van der Waals surface area contributed by atoms with Crippen molar-refractivity contribution in [1.29, 1.82) is 5.26 Å². The molecule has 0 N–H and O–H groups in total. The van der Waals surface area contributed by atoms with Gasteiger partial charge in [-0.3, -0.25) is 0 Å². The number of thiophene rings is 1. The first-order valence-corrected chi connectivity index (χ1v) is 6.11. The molecule has 1 saturated carbocycles. The average molecular weight is 226 g/mol. The molecule has 0 spiro atoms. The quantitative estimate of drug-likeness (QED) is 0.708. The summed E-state index contributed by atoms with van der Waals surface area (Å²) in [5.74, 6) is 0. The normalized spacial score (nSPS) is 19.5. The van der Waals surface area contributed by atoms with Crippen LogP contribution in [0.2, 0.25) is 5.02 Å². The summed E-state index contributed by atoms with van der Waals surface area (Å²) in [5.41, 5.74) is 0.837. The molecule has 1 aliphatic carbocycles. The lowest BCUT2D eigenvalue weighted by Crippen LogP contribution is -2.17. The van der Waals surface area contributed by atoms with Gasteiger partial charge in [0.15, 0.2) is 0 Å². The number of aryl methyl sites for hydroxylation is 1. The van der Waals surface area contributed by atoms with Gasteiger partial charge in [0.05, 0.1) is 16.5 Å². The topological polar surface area (TPSA) is 23.8 Å². The minimum absolute atomic E-state index is 0.268. The molecule has 14 heavy (non-hydrogen) atoms. The molecule has 1 aromatic rings. The van der Waals surface area contributed by atoms with Crippen LogP contribution in [0.3, 0.4) is 0 Å². The van der Waals surface area contributed by atoms with Gasteiger partial charge >= 0.3 is 0 Å². The Labute approximate surface area is 93.3 Å². The molecular weight excluding hydrogens is 214 g/mol. The van der Waals surface area contributed by atoms with E-state index in [0.717, 1.165) is 41.1 Å². The van der Waals surface area contributed by atoms with Crippen LogP contribution < -0.4 is 0 Å². The van der Waals surface area contributed by atoms with Crippen LogP contribution in [0.25, 0.3) is 0 Å². The summed E-state index contributed by atoms with van der Waals surface area (Å²) in [5, 5.41) is 12.2. The number of nitrogens with zero attached hydrogens (tertiary/aromatic N) is 1. The lowest BCUT2D eigenvalue weighted by Gasteiger charge is -2.18. The van der Waals surface area contributed by atoms with Gasteiger partial charge in [0.1, 0.15) is 0 Å². The van der Waals surface area contributed by atoms with Gasteiger partial charge in [0.2, 0.25) is 0 Å². The predicted octanol–water partition coefficient (Wildman–Crippen LogP) is 4.05. The van der Waals surface area contributed by atoms with Crippen molar-refractivity contribution in [1.82, 2.24) is 0 Å². The Bertz CT molecular complexity index is 382. The molecule has 1 heterocycles. The van der Waals surface area contributed by atoms with Crippen LogP contribution in [0.15, 0.2) is 5.38 Å². The molecule has 0 unspecified atom stereocenters. The summed E-state index contributed by atoms with van der Waals surface area (Å²) in [6.07, 6.45) is 4.26. The molecule has 0 bridgehead atoms. The van der Waals surface area contributed by atoms with E-state index in [1.54, 1.807) is 11.3 Å². The third-order valence-corrected chi connectivity index (χ3v) is 4.91. The van der Waals surface area contributed by atoms with E-state index in [4.69, 9.17) is 11.6 Å². The van der Waals surface area contributed by atoms with E-state index < -0.39 is 0 Å². The van der Waals surface area contributed by atoms with E-state index in [0.29, 0.717) is 0 Å². The molecule has 0 aromatic carbocycles. The second-order valence-corrected chi connectivity index (χ2v) is 5.22. The van der Waals surface area contributed by atoms with Crippen molar-refractivity contribution in [3.63, 3.8) is 0 Å². The van der Waals surface area contributed by atoms with Crippen LogP contribution in [0, 0.1) is 18.3 Å². The molecule has 3 heteroatoms. The molecule has 1 fully saturated rings. The van der Waals surface area contributed by atoms with Crippen molar-refractivity contribution < 1.29 is 0 Å². The summed E-state index contributed by atoms with van der Waals surface area (Å²) < 4.78 is 0. The Kier molecular flexibility index (Phi) is 2.55. The fourth-order valence-electron chi connectivity index (χ4n) is 2.12. The summed E-state index contributed by atoms with van der Waals surface area (Å²) in [6.45, 7) is 2.00. The highest BCUT2D eigenvalue weighted by Crippen LogP contribution is 2.46. The van der Waals surface area contributed by atoms with Crippen molar-refractivity contribution in [3.05, 3.63) is 20.8 Å². The summed E-state index contributed by atoms with van der Waals surface area (Å²) in [4.78, 5) is 1.09. The zero-order valence-electron chi connectivity index (χ0n) is 8.14. The van der Waals surface area contributed by atoms with Gasteiger partial charge < -0.3 is 0 Å². The molecule has 74 valence electrons. The van der Waals surface area contributed by atoms with Gasteiger partial charge in [-0.1, -0.05) is 24.4 Å². The van der Waals surface area contributed by atoms with Crippen LogP contribution in [0.4, 0.5) is 0 Å². The molecule has 0 atom stereocenters. The Balaban J connectivity index is 2.47. The van der Waals surface area contributed by atoms with E-state index >= 15 is 0 Å². The highest BCUT2D eigenvalue weighted by molar-refractivity contribution is 7.11. The first-order valence-electron chi connectivity index (χ1n) is 4.85. The number of nitriles is 1. The van der Waals surface area contributed by atoms with E-state index in [1.807, 2.05) is 6.92 Å². The van der Waals surface area contributed by atoms with Crippen molar-refractivity contribution in [2.24, 2.45) is 0 Å². The van der Waals surface area contributed by atoms with Crippen LogP contribution in [0.5, 0.6) is 0 Å². The fourth-order valence-corrected chi connectivity index (χ4v) is 3.71. The van der Waals surface area contributed by atoms with Crippen LogP contribution in [-0.4, -0.2) is 0 Å². The third kappa shape index (κ3) is 1.36. The first kappa shape index (κ1) is 10.0. The van der Waals surface area contributed by atoms with Gasteiger partial charge in [-0.25, -0.2) is 0 Å². The molecule has 1 aliphatic rings. The molecular formula is C11H12ClNS. The Morgan fingerprint density at radius 1 is 1.50 bits per heavy atom. The lowest BCUT2D eigenvalue weighted by molar-refractivity contribution is 0.585. The Hall–Kier alpha value is -0.520. The minimum Gasteiger partial charge on any atom is -0.197 e. The van der Waals surface area contributed by atoms with Gasteiger partial charge in [-0.2, -0.15) is 5.26 Å². The molecule has 1 aromatic heterocycles. The van der Waals surface area contributed by atoms with Gasteiger partial charge in [0, 0.05) is 4.88 Å². The molecule has 1 nitrogen and oxygen atoms in total. The zero-order valence-corrected chi connectivity index (χ0v) is 9.71. The van der Waals surface area contributed by atoms with Gasteiger partial charge in [-0.05, 0) is 30.7 Å². The van der Waals surface area contributed by atoms with Gasteiger partial charge in [-0.15, -0.1) is 11.3 Å². The van der Waals surface area contributed by atoms with Gasteiger partial charge in [0.25, 0.3) is 0 Å². The second kappa shape index (κ2) is 3.56. The monoisotopic (exact) mass is 225 g/mol. The molecule has 0 saturated heterocycles. The minimum atomic E-state index is -0.268. The average Bonchev–Trinajstić information content (AvgIpc) is 2.77. The maximum absolute atomic E-state index is 9.30. The van der Waals surface area contributed by atoms with Crippen molar-refractivity contribution >= 4 is 22.9 Å². The first-order chi connectivity index (χ1) is 6.69. The number of hydrogen-bond acceptors (Lipinski definition) is 2. The van der Waals surface area contributed by atoms with Crippen molar-refractivity contribution in [2.75, 3.05) is 0 Å². The summed E-state index contributed by atoms with van der Waals surface area (Å²) in [6, 6.07) is 2.47. The van der Waals surface area contributed by atoms with E-state index in [-0.39, 0.29) is 5.41 Å². The largest absolute Gasteiger partial charge is 0.197 e. The standard InChI is InChI=1S/C11H12ClNS/c1-8-6-14-10(9(8)12)11(7-13)4-2-3-5-11/h6H,2-5H2,1H3. The predicted molar refractivity (Wildman–Crippen MR) is 59.8 cm³/mol. The highest BCUT2D eigenvalue weighted by atomic mass is 35.5. The Morgan fingerprint density at radius 2 is 2.14 bits per heavy atom. The number of rotatable bonds is 1. The molecule has 0 amide bonds. The molecule has 0 radical (unpaired) electrons. The lowest BCUT2D eigenvalue weighted by atomic mass is 9.86. The molecule has 0 aliphatic heterocycles. The third-order valence-electron chi connectivity index (χ3n) is 3.00. The maximum atomic E-state index is 9.30. The highest BCUT2D eigenvalue weighted by Gasteiger charge is 2.38. The van der Waals surface area contributed by atoms with E-state index in [9.17, 15) is 5.26 Å². The Morgan fingerprint density at radius 3 is 2.57 bits per heavy atom. The summed E-state index contributed by atoms with van der Waals surface area (Å²) in [7, 11) is 0. The van der Waals surface area contributed by atoms with E-state index in [1.165, 1.54) is 0 Å². The fraction of sp³-hybridized carbons (Fsp3) is 0.545. The molecule has 2 rings (SSSR count). The van der Waals surface area contributed by atoms with Crippen LogP contribution >= 0.6 is 22.9 Å². The smallest absolute Gasteiger partial charge is 0.0929 e. The zero-order chi connectivity index (χ0) is 10.2. The van der Waals surface area contributed by atoms with E-state index in [2.05, 4.69) is 11.4 Å². The number of hydrogen-bond donors (Lipinski definition) is 0. The SMILES string of the molecule is Cc1csc(C2(C#N)CCCC2)c1Cl. The van der Waals surface area contributed by atoms with Crippen molar-refractivity contribution in [3.8, 4) is 6.07 Å². The summed E-state index contributed by atoms with van der Waals surface area (Å²) >= 11 is 7.86. The maximum Gasteiger partial charge on any atom is 0.0929 e. The number of halogens is 1.